The number of carbonyl (C=O) groups excluding carboxylic acids is 1. The van der Waals surface area contributed by atoms with Crippen LogP contribution < -0.4 is 11.1 Å². The molecule has 1 unspecified atom stereocenters. The number of piperidine rings is 1. The van der Waals surface area contributed by atoms with Crippen molar-refractivity contribution >= 4 is 5.91 Å². The largest absolute Gasteiger partial charge is 0.353 e. The molecule has 0 aromatic rings. The summed E-state index contributed by atoms with van der Waals surface area (Å²) in [7, 11) is 0. The maximum Gasteiger partial charge on any atom is 0.224 e. The third-order valence-corrected chi connectivity index (χ3v) is 3.75. The van der Waals surface area contributed by atoms with Crippen LogP contribution in [0.25, 0.3) is 0 Å². The second-order valence-corrected chi connectivity index (χ2v) is 5.25. The molecule has 0 saturated carbocycles. The molecular formula is C13H27N3O. The number of likely N-dealkylation sites (tertiary alicyclic amines) is 1. The first-order valence-electron chi connectivity index (χ1n) is 6.83. The van der Waals surface area contributed by atoms with Gasteiger partial charge in [0.1, 0.15) is 0 Å². The molecule has 0 aromatic heterocycles. The number of hydrogen-bond acceptors (Lipinski definition) is 3. The molecule has 1 saturated heterocycles. The Morgan fingerprint density at radius 3 is 2.41 bits per heavy atom. The van der Waals surface area contributed by atoms with Gasteiger partial charge < -0.3 is 16.0 Å². The van der Waals surface area contributed by atoms with Crippen LogP contribution in [-0.4, -0.2) is 42.5 Å². The van der Waals surface area contributed by atoms with Gasteiger partial charge in [0.2, 0.25) is 5.91 Å². The lowest BCUT2D eigenvalue weighted by Gasteiger charge is -2.35. The highest BCUT2D eigenvalue weighted by molar-refractivity contribution is 5.79. The van der Waals surface area contributed by atoms with E-state index < -0.39 is 0 Å². The van der Waals surface area contributed by atoms with Crippen LogP contribution in [0, 0.1) is 5.92 Å². The van der Waals surface area contributed by atoms with Crippen molar-refractivity contribution in [2.24, 2.45) is 11.7 Å². The monoisotopic (exact) mass is 241 g/mol. The average Bonchev–Trinajstić information content (AvgIpc) is 2.31. The Morgan fingerprint density at radius 2 is 2.00 bits per heavy atom. The highest BCUT2D eigenvalue weighted by Crippen LogP contribution is 2.13. The minimum Gasteiger partial charge on any atom is -0.353 e. The third-order valence-electron chi connectivity index (χ3n) is 3.75. The fraction of sp³-hybridized carbons (Fsp3) is 0.923. The van der Waals surface area contributed by atoms with Gasteiger partial charge in [-0.1, -0.05) is 6.92 Å². The summed E-state index contributed by atoms with van der Waals surface area (Å²) in [6.45, 7) is 9.08. The van der Waals surface area contributed by atoms with Crippen LogP contribution >= 0.6 is 0 Å². The molecule has 3 N–H and O–H groups in total. The highest BCUT2D eigenvalue weighted by atomic mass is 16.1. The SMILES string of the molecule is CCC(CN)C(=O)NC1CCN(C(C)C)CC1. The van der Waals surface area contributed by atoms with Gasteiger partial charge in [0.25, 0.3) is 0 Å². The molecule has 100 valence electrons. The second-order valence-electron chi connectivity index (χ2n) is 5.25. The van der Waals surface area contributed by atoms with Gasteiger partial charge in [-0.3, -0.25) is 4.79 Å². The van der Waals surface area contributed by atoms with Crippen LogP contribution in [0.1, 0.15) is 40.0 Å². The Bertz CT molecular complexity index is 231. The first-order valence-corrected chi connectivity index (χ1v) is 6.83. The predicted molar refractivity (Wildman–Crippen MR) is 70.7 cm³/mol. The normalized spacial score (nSPS) is 20.5. The lowest BCUT2D eigenvalue weighted by Crippen LogP contribution is -2.48. The van der Waals surface area contributed by atoms with Crippen molar-refractivity contribution in [3.63, 3.8) is 0 Å². The summed E-state index contributed by atoms with van der Waals surface area (Å²) in [5.74, 6) is 0.121. The van der Waals surface area contributed by atoms with E-state index in [0.29, 0.717) is 18.6 Å². The van der Waals surface area contributed by atoms with Crippen molar-refractivity contribution in [2.75, 3.05) is 19.6 Å². The van der Waals surface area contributed by atoms with Crippen molar-refractivity contribution in [2.45, 2.75) is 52.1 Å². The van der Waals surface area contributed by atoms with Gasteiger partial charge in [-0.15, -0.1) is 0 Å². The van der Waals surface area contributed by atoms with E-state index in [1.54, 1.807) is 0 Å². The fourth-order valence-electron chi connectivity index (χ4n) is 2.34. The number of nitrogens with two attached hydrogens (primary N) is 1. The van der Waals surface area contributed by atoms with E-state index in [1.807, 2.05) is 6.92 Å². The number of rotatable bonds is 5. The lowest BCUT2D eigenvalue weighted by atomic mass is 10.0. The summed E-state index contributed by atoms with van der Waals surface area (Å²) >= 11 is 0. The summed E-state index contributed by atoms with van der Waals surface area (Å²) in [5, 5.41) is 3.13. The number of carbonyl (C=O) groups is 1. The van der Waals surface area contributed by atoms with Crippen molar-refractivity contribution in [1.29, 1.82) is 0 Å². The average molecular weight is 241 g/mol. The fourth-order valence-corrected chi connectivity index (χ4v) is 2.34. The van der Waals surface area contributed by atoms with Crippen LogP contribution in [0.3, 0.4) is 0 Å². The van der Waals surface area contributed by atoms with Crippen LogP contribution in [-0.2, 0) is 4.79 Å². The van der Waals surface area contributed by atoms with Gasteiger partial charge in [-0.2, -0.15) is 0 Å². The smallest absolute Gasteiger partial charge is 0.224 e. The predicted octanol–water partition coefficient (Wildman–Crippen LogP) is 0.960. The van der Waals surface area contributed by atoms with Gasteiger partial charge in [0.05, 0.1) is 0 Å². The molecule has 4 nitrogen and oxygen atoms in total. The van der Waals surface area contributed by atoms with Crippen LogP contribution in [0.5, 0.6) is 0 Å². The van der Waals surface area contributed by atoms with E-state index in [-0.39, 0.29) is 11.8 Å². The van der Waals surface area contributed by atoms with Gasteiger partial charge in [0.15, 0.2) is 0 Å². The van der Waals surface area contributed by atoms with Crippen molar-refractivity contribution in [3.05, 3.63) is 0 Å². The summed E-state index contributed by atoms with van der Waals surface area (Å²) in [5.41, 5.74) is 5.58. The number of amides is 1. The standard InChI is InChI=1S/C13H27N3O/c1-4-11(9-14)13(17)15-12-5-7-16(8-6-12)10(2)3/h10-12H,4-9,14H2,1-3H3,(H,15,17). The molecule has 0 radical (unpaired) electrons. The molecule has 1 fully saturated rings. The first kappa shape index (κ1) is 14.5. The topological polar surface area (TPSA) is 58.4 Å². The zero-order chi connectivity index (χ0) is 12.8. The van der Waals surface area contributed by atoms with Crippen molar-refractivity contribution in [1.82, 2.24) is 10.2 Å². The van der Waals surface area contributed by atoms with Crippen molar-refractivity contribution in [3.8, 4) is 0 Å². The Morgan fingerprint density at radius 1 is 1.41 bits per heavy atom. The molecule has 4 heteroatoms. The van der Waals surface area contributed by atoms with E-state index in [4.69, 9.17) is 5.73 Å². The van der Waals surface area contributed by atoms with E-state index in [0.717, 1.165) is 32.4 Å². The maximum atomic E-state index is 11.9. The number of hydrogen-bond donors (Lipinski definition) is 2. The molecule has 0 aliphatic carbocycles. The van der Waals surface area contributed by atoms with E-state index >= 15 is 0 Å². The van der Waals surface area contributed by atoms with Crippen LogP contribution in [0.4, 0.5) is 0 Å². The Kier molecular flexibility index (Phi) is 5.92. The molecule has 1 amide bonds. The number of nitrogens with one attached hydrogen (secondary N) is 1. The highest BCUT2D eigenvalue weighted by Gasteiger charge is 2.24. The van der Waals surface area contributed by atoms with Gasteiger partial charge in [0, 0.05) is 37.6 Å². The maximum absolute atomic E-state index is 11.9. The molecule has 0 bridgehead atoms. The lowest BCUT2D eigenvalue weighted by molar-refractivity contribution is -0.125. The molecule has 1 atom stereocenters. The molecular weight excluding hydrogens is 214 g/mol. The van der Waals surface area contributed by atoms with E-state index in [1.165, 1.54) is 0 Å². The van der Waals surface area contributed by atoms with E-state index in [9.17, 15) is 4.79 Å². The third kappa shape index (κ3) is 4.28. The molecule has 1 aliphatic rings. The Labute approximate surface area is 105 Å². The van der Waals surface area contributed by atoms with Crippen LogP contribution in [0.15, 0.2) is 0 Å². The Hall–Kier alpha value is -0.610. The van der Waals surface area contributed by atoms with Crippen molar-refractivity contribution < 1.29 is 4.79 Å². The van der Waals surface area contributed by atoms with Crippen LogP contribution in [0.2, 0.25) is 0 Å². The van der Waals surface area contributed by atoms with Gasteiger partial charge in [-0.05, 0) is 33.1 Å². The summed E-state index contributed by atoms with van der Waals surface area (Å²) in [6, 6.07) is 0.956. The summed E-state index contributed by atoms with van der Waals surface area (Å²) in [6.07, 6.45) is 2.95. The Balaban J connectivity index is 2.33. The minimum atomic E-state index is -0.0156. The number of nitrogens with zero attached hydrogens (tertiary/aromatic N) is 1. The molecule has 0 aromatic carbocycles. The van der Waals surface area contributed by atoms with Gasteiger partial charge >= 0.3 is 0 Å². The molecule has 1 heterocycles. The quantitative estimate of drug-likeness (QED) is 0.754. The summed E-state index contributed by atoms with van der Waals surface area (Å²) in [4.78, 5) is 14.3. The van der Waals surface area contributed by atoms with Gasteiger partial charge in [-0.25, -0.2) is 0 Å². The molecule has 0 spiro atoms. The zero-order valence-electron chi connectivity index (χ0n) is 11.4. The molecule has 1 aliphatic heterocycles. The second kappa shape index (κ2) is 6.97. The minimum absolute atomic E-state index is 0.0156. The molecule has 1 rings (SSSR count). The van der Waals surface area contributed by atoms with E-state index in [2.05, 4.69) is 24.1 Å². The summed E-state index contributed by atoms with van der Waals surface area (Å²) < 4.78 is 0. The first-order chi connectivity index (χ1) is 8.08. The molecule has 17 heavy (non-hydrogen) atoms. The zero-order valence-corrected chi connectivity index (χ0v) is 11.4.